The van der Waals surface area contributed by atoms with Crippen molar-refractivity contribution in [2.45, 2.75) is 17.6 Å². The molecule has 0 radical (unpaired) electrons. The van der Waals surface area contributed by atoms with E-state index in [1.165, 1.54) is 11.8 Å². The second-order valence-corrected chi connectivity index (χ2v) is 8.24. The Bertz CT molecular complexity index is 886. The maximum atomic E-state index is 12.8. The zero-order valence-electron chi connectivity index (χ0n) is 13.3. The minimum atomic E-state index is -0.0436. The Labute approximate surface area is 156 Å². The van der Waals surface area contributed by atoms with Crippen molar-refractivity contribution in [1.82, 2.24) is 25.2 Å². The Kier molecular flexibility index (Phi) is 4.64. The molecule has 4 rings (SSSR count). The van der Waals surface area contributed by atoms with Crippen molar-refractivity contribution in [3.63, 3.8) is 0 Å². The molecule has 25 heavy (non-hydrogen) atoms. The molecule has 0 N–H and O–H groups in total. The third-order valence-corrected chi connectivity index (χ3v) is 6.64. The molecule has 0 saturated carbocycles. The number of thioether (sulfide) groups is 1. The van der Waals surface area contributed by atoms with Crippen LogP contribution < -0.4 is 0 Å². The summed E-state index contributed by atoms with van der Waals surface area (Å²) in [6, 6.07) is 8.07. The van der Waals surface area contributed by atoms with Crippen LogP contribution in [0.2, 0.25) is 0 Å². The molecule has 1 amide bonds. The number of thiophene rings is 2. The number of rotatable bonds is 5. The van der Waals surface area contributed by atoms with Gasteiger partial charge in [0.25, 0.3) is 5.91 Å². The van der Waals surface area contributed by atoms with Crippen molar-refractivity contribution in [3.8, 4) is 0 Å². The van der Waals surface area contributed by atoms with Gasteiger partial charge in [-0.05, 0) is 33.3 Å². The molecule has 0 bridgehead atoms. The Morgan fingerprint density at radius 3 is 2.84 bits per heavy atom. The SMILES string of the molecule is Cn1nnnc1SCC(=O)N1N=C(c2cccs2)CC1c1cccs1. The quantitative estimate of drug-likeness (QED) is 0.626. The number of hydrogen-bond donors (Lipinski definition) is 0. The van der Waals surface area contributed by atoms with Crippen LogP contribution in [0.25, 0.3) is 0 Å². The van der Waals surface area contributed by atoms with Crippen molar-refractivity contribution < 1.29 is 4.79 Å². The van der Waals surface area contributed by atoms with Crippen LogP contribution in [0, 0.1) is 0 Å². The molecular formula is C15H14N6OS3. The predicted octanol–water partition coefficient (Wildman–Crippen LogP) is 2.80. The zero-order chi connectivity index (χ0) is 17.2. The van der Waals surface area contributed by atoms with E-state index < -0.39 is 0 Å². The van der Waals surface area contributed by atoms with E-state index in [4.69, 9.17) is 0 Å². The summed E-state index contributed by atoms with van der Waals surface area (Å²) in [5.41, 5.74) is 0.965. The normalized spacial score (nSPS) is 17.1. The highest BCUT2D eigenvalue weighted by Gasteiger charge is 2.34. The fourth-order valence-corrected chi connectivity index (χ4v) is 4.81. The largest absolute Gasteiger partial charge is 0.272 e. The van der Waals surface area contributed by atoms with Crippen LogP contribution in [0.1, 0.15) is 22.2 Å². The number of aryl methyl sites for hydroxylation is 1. The molecule has 10 heteroatoms. The molecule has 0 fully saturated rings. The van der Waals surface area contributed by atoms with Gasteiger partial charge in [-0.25, -0.2) is 9.69 Å². The van der Waals surface area contributed by atoms with Crippen molar-refractivity contribution in [2.24, 2.45) is 12.1 Å². The highest BCUT2D eigenvalue weighted by molar-refractivity contribution is 7.99. The minimum Gasteiger partial charge on any atom is -0.272 e. The molecule has 3 aromatic rings. The Morgan fingerprint density at radius 1 is 1.32 bits per heavy atom. The highest BCUT2D eigenvalue weighted by atomic mass is 32.2. The standard InChI is InChI=1S/C15H14N6OS3/c1-20-15(16-18-19-20)25-9-14(22)21-11(13-5-3-7-24-13)8-10(17-21)12-4-2-6-23-12/h2-7,11H,8-9H2,1H3. The molecule has 1 atom stereocenters. The van der Waals surface area contributed by atoms with Gasteiger partial charge in [0.15, 0.2) is 0 Å². The van der Waals surface area contributed by atoms with Crippen LogP contribution in [0.5, 0.6) is 0 Å². The van der Waals surface area contributed by atoms with Crippen LogP contribution in [-0.2, 0) is 11.8 Å². The smallest absolute Gasteiger partial charge is 0.253 e. The topological polar surface area (TPSA) is 76.3 Å². The van der Waals surface area contributed by atoms with E-state index in [0.29, 0.717) is 5.16 Å². The van der Waals surface area contributed by atoms with Gasteiger partial charge in [-0.15, -0.1) is 27.8 Å². The molecule has 1 aliphatic rings. The summed E-state index contributed by atoms with van der Waals surface area (Å²) >= 11 is 4.62. The van der Waals surface area contributed by atoms with E-state index >= 15 is 0 Å². The first-order chi connectivity index (χ1) is 12.2. The van der Waals surface area contributed by atoms with Gasteiger partial charge in [0, 0.05) is 18.3 Å². The van der Waals surface area contributed by atoms with Crippen molar-refractivity contribution in [3.05, 3.63) is 44.8 Å². The van der Waals surface area contributed by atoms with E-state index in [1.807, 2.05) is 29.0 Å². The molecule has 7 nitrogen and oxygen atoms in total. The number of aromatic nitrogens is 4. The van der Waals surface area contributed by atoms with Crippen LogP contribution in [0.4, 0.5) is 0 Å². The lowest BCUT2D eigenvalue weighted by Crippen LogP contribution is -2.28. The molecule has 0 aromatic carbocycles. The van der Waals surface area contributed by atoms with Gasteiger partial charge in [0.1, 0.15) is 0 Å². The molecule has 0 spiro atoms. The molecule has 1 unspecified atom stereocenters. The number of amides is 1. The van der Waals surface area contributed by atoms with Gasteiger partial charge in [0.05, 0.1) is 22.4 Å². The van der Waals surface area contributed by atoms with Gasteiger partial charge in [-0.3, -0.25) is 4.79 Å². The molecule has 0 saturated heterocycles. The van der Waals surface area contributed by atoms with Crippen molar-refractivity contribution >= 4 is 46.1 Å². The fraction of sp³-hybridized carbons (Fsp3) is 0.267. The van der Waals surface area contributed by atoms with E-state index in [9.17, 15) is 4.79 Å². The second-order valence-electron chi connectivity index (χ2n) is 5.37. The first-order valence-electron chi connectivity index (χ1n) is 7.54. The number of tetrazole rings is 1. The molecule has 4 heterocycles. The van der Waals surface area contributed by atoms with Gasteiger partial charge in [-0.2, -0.15) is 5.10 Å². The summed E-state index contributed by atoms with van der Waals surface area (Å²) in [5, 5.41) is 22.2. The second kappa shape index (κ2) is 7.06. The maximum absolute atomic E-state index is 12.8. The number of hydrazone groups is 1. The molecule has 3 aromatic heterocycles. The van der Waals surface area contributed by atoms with Gasteiger partial charge < -0.3 is 0 Å². The zero-order valence-corrected chi connectivity index (χ0v) is 15.7. The van der Waals surface area contributed by atoms with Gasteiger partial charge in [-0.1, -0.05) is 23.9 Å². The number of carbonyl (C=O) groups is 1. The van der Waals surface area contributed by atoms with Crippen molar-refractivity contribution in [1.29, 1.82) is 0 Å². The van der Waals surface area contributed by atoms with Gasteiger partial charge >= 0.3 is 0 Å². The van der Waals surface area contributed by atoms with Crippen LogP contribution in [0.15, 0.2) is 45.3 Å². The average Bonchev–Trinajstić information content (AvgIpc) is 3.38. The van der Waals surface area contributed by atoms with E-state index in [1.54, 1.807) is 39.4 Å². The molecular weight excluding hydrogens is 376 g/mol. The minimum absolute atomic E-state index is 0.0391. The average molecular weight is 391 g/mol. The lowest BCUT2D eigenvalue weighted by atomic mass is 10.1. The Morgan fingerprint density at radius 2 is 2.16 bits per heavy atom. The lowest BCUT2D eigenvalue weighted by molar-refractivity contribution is -0.130. The number of hydrogen-bond acceptors (Lipinski definition) is 8. The van der Waals surface area contributed by atoms with Crippen LogP contribution >= 0.6 is 34.4 Å². The third kappa shape index (κ3) is 3.37. The number of nitrogens with zero attached hydrogens (tertiary/aromatic N) is 6. The third-order valence-electron chi connectivity index (χ3n) is 3.75. The Hall–Kier alpha value is -2.04. The predicted molar refractivity (Wildman–Crippen MR) is 98.9 cm³/mol. The van der Waals surface area contributed by atoms with E-state index in [-0.39, 0.29) is 17.7 Å². The fourth-order valence-electron chi connectivity index (χ4n) is 2.57. The summed E-state index contributed by atoms with van der Waals surface area (Å²) in [4.78, 5) is 15.1. The summed E-state index contributed by atoms with van der Waals surface area (Å²) < 4.78 is 1.55. The monoisotopic (exact) mass is 390 g/mol. The van der Waals surface area contributed by atoms with Crippen LogP contribution in [0.3, 0.4) is 0 Å². The van der Waals surface area contributed by atoms with Gasteiger partial charge in [0.2, 0.25) is 5.16 Å². The van der Waals surface area contributed by atoms with Crippen LogP contribution in [-0.4, -0.2) is 42.6 Å². The van der Waals surface area contributed by atoms with E-state index in [0.717, 1.165) is 21.9 Å². The summed E-state index contributed by atoms with van der Waals surface area (Å²) in [6.07, 6.45) is 0.739. The first kappa shape index (κ1) is 16.4. The molecule has 1 aliphatic heterocycles. The summed E-state index contributed by atoms with van der Waals surface area (Å²) in [7, 11) is 1.75. The molecule has 0 aliphatic carbocycles. The lowest BCUT2D eigenvalue weighted by Gasteiger charge is -2.20. The van der Waals surface area contributed by atoms with Crippen molar-refractivity contribution in [2.75, 3.05) is 5.75 Å². The summed E-state index contributed by atoms with van der Waals surface area (Å²) in [6.45, 7) is 0. The highest BCUT2D eigenvalue weighted by Crippen LogP contribution is 2.36. The molecule has 128 valence electrons. The maximum Gasteiger partial charge on any atom is 0.253 e. The Balaban J connectivity index is 1.55. The number of carbonyl (C=O) groups excluding carboxylic acids is 1. The first-order valence-corrected chi connectivity index (χ1v) is 10.3. The summed E-state index contributed by atoms with van der Waals surface area (Å²) in [5.74, 6) is 0.204. The van der Waals surface area contributed by atoms with E-state index in [2.05, 4.69) is 26.7 Å².